The third-order valence-corrected chi connectivity index (χ3v) is 3.77. The van der Waals surface area contributed by atoms with E-state index in [1.54, 1.807) is 14.2 Å². The van der Waals surface area contributed by atoms with E-state index in [1.165, 1.54) is 0 Å². The smallest absolute Gasteiger partial charge is 0.122 e. The number of rotatable bonds is 4. The molecule has 22 heavy (non-hydrogen) atoms. The quantitative estimate of drug-likeness (QED) is 0.942. The van der Waals surface area contributed by atoms with Crippen molar-refractivity contribution in [3.05, 3.63) is 54.1 Å². The molecular weight excluding hydrogens is 278 g/mol. The van der Waals surface area contributed by atoms with Crippen molar-refractivity contribution >= 4 is 11.5 Å². The highest BCUT2D eigenvalue weighted by molar-refractivity contribution is 5.85. The maximum atomic E-state index is 5.96. The molecule has 2 aromatic rings. The minimum absolute atomic E-state index is 0.0966. The average Bonchev–Trinajstić information content (AvgIpc) is 2.97. The van der Waals surface area contributed by atoms with Crippen LogP contribution >= 0.6 is 0 Å². The first-order valence-corrected chi connectivity index (χ1v) is 7.11. The molecule has 0 spiro atoms. The first kappa shape index (κ1) is 14.3. The molecular formula is C17H19N3O2. The lowest BCUT2D eigenvalue weighted by Gasteiger charge is -2.24. The fraction of sp³-hybridized carbons (Fsp3) is 0.235. The zero-order valence-corrected chi connectivity index (χ0v) is 12.7. The lowest BCUT2D eigenvalue weighted by atomic mass is 10.0. The highest BCUT2D eigenvalue weighted by Crippen LogP contribution is 2.35. The summed E-state index contributed by atoms with van der Waals surface area (Å²) in [5.41, 5.74) is 8.10. The van der Waals surface area contributed by atoms with Gasteiger partial charge in [-0.25, -0.2) is 0 Å². The van der Waals surface area contributed by atoms with Crippen molar-refractivity contribution in [2.75, 3.05) is 19.2 Å². The van der Waals surface area contributed by atoms with Crippen LogP contribution in [0.25, 0.3) is 0 Å². The molecule has 5 nitrogen and oxygen atoms in total. The van der Waals surface area contributed by atoms with Gasteiger partial charge in [-0.15, -0.1) is 0 Å². The van der Waals surface area contributed by atoms with E-state index in [-0.39, 0.29) is 6.04 Å². The molecule has 0 aliphatic carbocycles. The number of anilines is 1. The standard InChI is InChI=1S/C17H19N3O2/c1-21-14-7-3-12(4-8-14)16-11-17(18)19-20(16)13-5-9-15(22-2)10-6-13/h3-10,16H,11H2,1-2H3,(H2,18,19). The van der Waals surface area contributed by atoms with Gasteiger partial charge in [0.1, 0.15) is 17.3 Å². The number of hydrogen-bond donors (Lipinski definition) is 1. The van der Waals surface area contributed by atoms with Gasteiger partial charge in [0, 0.05) is 6.42 Å². The Labute approximate surface area is 129 Å². The van der Waals surface area contributed by atoms with Gasteiger partial charge in [0.15, 0.2) is 0 Å². The number of ether oxygens (including phenoxy) is 2. The second-order valence-corrected chi connectivity index (χ2v) is 5.13. The molecule has 1 aliphatic heterocycles. The van der Waals surface area contributed by atoms with E-state index in [4.69, 9.17) is 15.2 Å². The number of nitrogens with two attached hydrogens (primary N) is 1. The van der Waals surface area contributed by atoms with Crippen LogP contribution in [0.2, 0.25) is 0 Å². The molecule has 2 aromatic carbocycles. The van der Waals surface area contributed by atoms with Crippen molar-refractivity contribution in [1.82, 2.24) is 0 Å². The van der Waals surface area contributed by atoms with Crippen LogP contribution in [-0.2, 0) is 0 Å². The fourth-order valence-corrected chi connectivity index (χ4v) is 2.59. The van der Waals surface area contributed by atoms with Gasteiger partial charge in [-0.3, -0.25) is 5.01 Å². The van der Waals surface area contributed by atoms with Gasteiger partial charge in [0.05, 0.1) is 25.9 Å². The van der Waals surface area contributed by atoms with Crippen LogP contribution in [0.3, 0.4) is 0 Å². The summed E-state index contributed by atoms with van der Waals surface area (Å²) < 4.78 is 10.4. The Hall–Kier alpha value is -2.69. The van der Waals surface area contributed by atoms with E-state index in [0.717, 1.165) is 22.7 Å². The molecule has 0 radical (unpaired) electrons. The van der Waals surface area contributed by atoms with Crippen LogP contribution in [0.4, 0.5) is 5.69 Å². The molecule has 0 fully saturated rings. The molecule has 5 heteroatoms. The van der Waals surface area contributed by atoms with Gasteiger partial charge < -0.3 is 15.2 Å². The molecule has 1 atom stereocenters. The summed E-state index contributed by atoms with van der Waals surface area (Å²) in [6, 6.07) is 15.9. The third-order valence-electron chi connectivity index (χ3n) is 3.77. The van der Waals surface area contributed by atoms with Crippen LogP contribution in [0.5, 0.6) is 11.5 Å². The van der Waals surface area contributed by atoms with E-state index < -0.39 is 0 Å². The predicted octanol–water partition coefficient (Wildman–Crippen LogP) is 2.93. The zero-order chi connectivity index (χ0) is 15.5. The van der Waals surface area contributed by atoms with Crippen LogP contribution in [0.1, 0.15) is 18.0 Å². The monoisotopic (exact) mass is 297 g/mol. The summed E-state index contributed by atoms with van der Waals surface area (Å²) in [5, 5.41) is 6.43. The highest BCUT2D eigenvalue weighted by atomic mass is 16.5. The number of benzene rings is 2. The normalized spacial score (nSPS) is 17.3. The molecule has 0 saturated carbocycles. The van der Waals surface area contributed by atoms with Crippen LogP contribution in [0, 0.1) is 0 Å². The summed E-state index contributed by atoms with van der Waals surface area (Å²) in [5.74, 6) is 2.30. The fourth-order valence-electron chi connectivity index (χ4n) is 2.59. The van der Waals surface area contributed by atoms with Gasteiger partial charge in [0.2, 0.25) is 0 Å². The lowest BCUT2D eigenvalue weighted by Crippen LogP contribution is -2.18. The van der Waals surface area contributed by atoms with Gasteiger partial charge in [0.25, 0.3) is 0 Å². The number of nitrogens with zero attached hydrogens (tertiary/aromatic N) is 2. The van der Waals surface area contributed by atoms with Gasteiger partial charge in [-0.05, 0) is 42.0 Å². The molecule has 1 unspecified atom stereocenters. The Morgan fingerprint density at radius 1 is 0.955 bits per heavy atom. The second kappa shape index (κ2) is 5.97. The van der Waals surface area contributed by atoms with E-state index in [1.807, 2.05) is 53.5 Å². The number of amidine groups is 1. The highest BCUT2D eigenvalue weighted by Gasteiger charge is 2.28. The molecule has 0 bridgehead atoms. The minimum atomic E-state index is 0.0966. The van der Waals surface area contributed by atoms with E-state index in [2.05, 4.69) is 5.10 Å². The predicted molar refractivity (Wildman–Crippen MR) is 87.4 cm³/mol. The first-order valence-electron chi connectivity index (χ1n) is 7.11. The molecule has 0 saturated heterocycles. The maximum absolute atomic E-state index is 5.96. The SMILES string of the molecule is COc1ccc(C2CC(N)=NN2c2ccc(OC)cc2)cc1. The van der Waals surface area contributed by atoms with Crippen LogP contribution in [0.15, 0.2) is 53.6 Å². The number of hydrazone groups is 1. The van der Waals surface area contributed by atoms with Crippen LogP contribution < -0.4 is 20.2 Å². The lowest BCUT2D eigenvalue weighted by molar-refractivity contribution is 0.414. The summed E-state index contributed by atoms with van der Waals surface area (Å²) >= 11 is 0. The summed E-state index contributed by atoms with van der Waals surface area (Å²) in [6.07, 6.45) is 0.707. The topological polar surface area (TPSA) is 60.1 Å². The van der Waals surface area contributed by atoms with Crippen molar-refractivity contribution in [2.45, 2.75) is 12.5 Å². The first-order chi connectivity index (χ1) is 10.7. The third kappa shape index (κ3) is 2.70. The van der Waals surface area contributed by atoms with Crippen molar-refractivity contribution in [3.8, 4) is 11.5 Å². The summed E-state index contributed by atoms with van der Waals surface area (Å²) in [6.45, 7) is 0. The Morgan fingerprint density at radius 3 is 2.05 bits per heavy atom. The Kier molecular flexibility index (Phi) is 3.87. The molecule has 114 valence electrons. The summed E-state index contributed by atoms with van der Waals surface area (Å²) in [7, 11) is 3.32. The number of hydrogen-bond acceptors (Lipinski definition) is 5. The Morgan fingerprint density at radius 2 is 1.50 bits per heavy atom. The van der Waals surface area contributed by atoms with Crippen molar-refractivity contribution in [2.24, 2.45) is 10.8 Å². The molecule has 1 aliphatic rings. The molecule has 0 amide bonds. The molecule has 1 heterocycles. The number of methoxy groups -OCH3 is 2. The van der Waals surface area contributed by atoms with E-state index in [9.17, 15) is 0 Å². The summed E-state index contributed by atoms with van der Waals surface area (Å²) in [4.78, 5) is 0. The Bertz CT molecular complexity index is 665. The van der Waals surface area contributed by atoms with Crippen LogP contribution in [-0.4, -0.2) is 20.1 Å². The van der Waals surface area contributed by atoms with Crippen molar-refractivity contribution in [1.29, 1.82) is 0 Å². The molecule has 0 aromatic heterocycles. The zero-order valence-electron chi connectivity index (χ0n) is 12.7. The van der Waals surface area contributed by atoms with Crippen molar-refractivity contribution < 1.29 is 9.47 Å². The van der Waals surface area contributed by atoms with Gasteiger partial charge in [-0.1, -0.05) is 12.1 Å². The molecule has 3 rings (SSSR count). The largest absolute Gasteiger partial charge is 0.497 e. The van der Waals surface area contributed by atoms with Crippen molar-refractivity contribution in [3.63, 3.8) is 0 Å². The van der Waals surface area contributed by atoms with E-state index in [0.29, 0.717) is 12.3 Å². The van der Waals surface area contributed by atoms with Gasteiger partial charge in [-0.2, -0.15) is 5.10 Å². The van der Waals surface area contributed by atoms with Gasteiger partial charge >= 0.3 is 0 Å². The average molecular weight is 297 g/mol. The maximum Gasteiger partial charge on any atom is 0.122 e. The molecule has 2 N–H and O–H groups in total. The minimum Gasteiger partial charge on any atom is -0.497 e. The van der Waals surface area contributed by atoms with E-state index >= 15 is 0 Å². The second-order valence-electron chi connectivity index (χ2n) is 5.13. The Balaban J connectivity index is 1.89.